The molecule has 0 radical (unpaired) electrons. The molecule has 0 atom stereocenters. The molecule has 2 fully saturated rings. The van der Waals surface area contributed by atoms with Crippen molar-refractivity contribution in [2.45, 2.75) is 19.4 Å². The Morgan fingerprint density at radius 1 is 1.40 bits per heavy atom. The highest BCUT2D eigenvalue weighted by Crippen LogP contribution is 2.20. The summed E-state index contributed by atoms with van der Waals surface area (Å²) in [5, 5.41) is 2.39. The van der Waals surface area contributed by atoms with Gasteiger partial charge in [0.25, 0.3) is 0 Å². The summed E-state index contributed by atoms with van der Waals surface area (Å²) in [6, 6.07) is 0.947. The van der Waals surface area contributed by atoms with Gasteiger partial charge < -0.3 is 5.32 Å². The first-order chi connectivity index (χ1) is 4.90. The second-order valence-corrected chi connectivity index (χ2v) is 3.64. The molecule has 0 spiro atoms. The molecule has 0 amide bonds. The molecule has 10 heavy (non-hydrogen) atoms. The van der Waals surface area contributed by atoms with Crippen molar-refractivity contribution in [1.82, 2.24) is 4.90 Å². The van der Waals surface area contributed by atoms with Crippen LogP contribution in [-0.2, 0) is 0 Å². The summed E-state index contributed by atoms with van der Waals surface area (Å²) in [6.07, 6.45) is 1.38. The molecule has 0 unspecified atom stereocenters. The molecule has 2 aliphatic heterocycles. The summed E-state index contributed by atoms with van der Waals surface area (Å²) < 4.78 is 0. The molecule has 0 aromatic rings. The van der Waals surface area contributed by atoms with Gasteiger partial charge in [-0.05, 0) is 5.92 Å². The molecule has 2 saturated heterocycles. The molecule has 0 aliphatic carbocycles. The van der Waals surface area contributed by atoms with Gasteiger partial charge in [0.2, 0.25) is 0 Å². The van der Waals surface area contributed by atoms with E-state index in [1.165, 1.54) is 32.6 Å². The van der Waals surface area contributed by atoms with Crippen LogP contribution in [0.5, 0.6) is 0 Å². The highest BCUT2D eigenvalue weighted by molar-refractivity contribution is 4.85. The maximum Gasteiger partial charge on any atom is 0.109 e. The van der Waals surface area contributed by atoms with E-state index in [-0.39, 0.29) is 0 Å². The Balaban J connectivity index is 1.69. The molecule has 58 valence electrons. The van der Waals surface area contributed by atoms with Crippen molar-refractivity contribution < 1.29 is 5.32 Å². The molecule has 0 aromatic heterocycles. The average Bonchev–Trinajstić information content (AvgIpc) is 1.72. The van der Waals surface area contributed by atoms with Crippen LogP contribution in [0.15, 0.2) is 0 Å². The van der Waals surface area contributed by atoms with Crippen molar-refractivity contribution in [3.63, 3.8) is 0 Å². The lowest BCUT2D eigenvalue weighted by molar-refractivity contribution is -0.718. The Morgan fingerprint density at radius 2 is 2.10 bits per heavy atom. The van der Waals surface area contributed by atoms with E-state index in [9.17, 15) is 0 Å². The lowest BCUT2D eigenvalue weighted by Gasteiger charge is -2.45. The molecule has 2 aliphatic rings. The SMILES string of the molecule is CCC1CN(C2C[NH2+]C2)C1. The molecule has 2 rings (SSSR count). The van der Waals surface area contributed by atoms with E-state index in [1.54, 1.807) is 0 Å². The zero-order chi connectivity index (χ0) is 6.97. The van der Waals surface area contributed by atoms with Gasteiger partial charge in [-0.15, -0.1) is 0 Å². The van der Waals surface area contributed by atoms with E-state index < -0.39 is 0 Å². The average molecular weight is 141 g/mol. The monoisotopic (exact) mass is 141 g/mol. The fourth-order valence-corrected chi connectivity index (χ4v) is 1.78. The smallest absolute Gasteiger partial charge is 0.109 e. The van der Waals surface area contributed by atoms with E-state index >= 15 is 0 Å². The van der Waals surface area contributed by atoms with E-state index in [1.807, 2.05) is 0 Å². The maximum atomic E-state index is 2.63. The topological polar surface area (TPSA) is 19.9 Å². The second kappa shape index (κ2) is 2.51. The van der Waals surface area contributed by atoms with Gasteiger partial charge in [0.1, 0.15) is 6.04 Å². The third kappa shape index (κ3) is 0.956. The van der Waals surface area contributed by atoms with Crippen LogP contribution in [0.3, 0.4) is 0 Å². The summed E-state index contributed by atoms with van der Waals surface area (Å²) >= 11 is 0. The lowest BCUT2D eigenvalue weighted by Crippen LogP contribution is -3.00. The van der Waals surface area contributed by atoms with E-state index in [0.717, 1.165) is 12.0 Å². The van der Waals surface area contributed by atoms with Gasteiger partial charge in [-0.3, -0.25) is 4.90 Å². The summed E-state index contributed by atoms with van der Waals surface area (Å²) in [5.41, 5.74) is 0. The predicted molar refractivity (Wildman–Crippen MR) is 40.8 cm³/mol. The Labute approximate surface area is 62.6 Å². The van der Waals surface area contributed by atoms with Crippen LogP contribution >= 0.6 is 0 Å². The van der Waals surface area contributed by atoms with E-state index in [0.29, 0.717) is 0 Å². The van der Waals surface area contributed by atoms with E-state index in [2.05, 4.69) is 17.1 Å². The number of quaternary nitrogens is 1. The van der Waals surface area contributed by atoms with Crippen LogP contribution in [0.25, 0.3) is 0 Å². The Morgan fingerprint density at radius 3 is 2.50 bits per heavy atom. The molecule has 2 heterocycles. The third-order valence-corrected chi connectivity index (χ3v) is 2.96. The summed E-state index contributed by atoms with van der Waals surface area (Å²) in [7, 11) is 0. The molecule has 0 aromatic carbocycles. The number of hydrogen-bond donors (Lipinski definition) is 1. The molecule has 2 N–H and O–H groups in total. The minimum Gasteiger partial charge on any atom is -0.343 e. The minimum atomic E-state index is 0.947. The van der Waals surface area contributed by atoms with Gasteiger partial charge in [-0.1, -0.05) is 13.3 Å². The van der Waals surface area contributed by atoms with E-state index in [4.69, 9.17) is 0 Å². The zero-order valence-corrected chi connectivity index (χ0v) is 6.71. The first-order valence-corrected chi connectivity index (χ1v) is 4.46. The number of nitrogens with zero attached hydrogens (tertiary/aromatic N) is 1. The normalized spacial score (nSPS) is 29.7. The molecule has 2 heteroatoms. The first kappa shape index (κ1) is 6.62. The van der Waals surface area contributed by atoms with Gasteiger partial charge >= 0.3 is 0 Å². The predicted octanol–water partition coefficient (Wildman–Crippen LogP) is -0.726. The lowest BCUT2D eigenvalue weighted by atomic mass is 9.93. The van der Waals surface area contributed by atoms with Crippen LogP contribution in [0, 0.1) is 5.92 Å². The number of nitrogens with two attached hydrogens (primary N) is 1. The fourth-order valence-electron chi connectivity index (χ4n) is 1.78. The third-order valence-electron chi connectivity index (χ3n) is 2.96. The van der Waals surface area contributed by atoms with Gasteiger partial charge in [0.15, 0.2) is 0 Å². The highest BCUT2D eigenvalue weighted by atomic mass is 15.3. The molecular formula is C8H17N2+. The number of likely N-dealkylation sites (tertiary alicyclic amines) is 1. The number of rotatable bonds is 2. The van der Waals surface area contributed by atoms with Gasteiger partial charge in [0.05, 0.1) is 13.1 Å². The second-order valence-electron chi connectivity index (χ2n) is 3.64. The van der Waals surface area contributed by atoms with Crippen LogP contribution < -0.4 is 5.32 Å². The molecule has 2 nitrogen and oxygen atoms in total. The number of hydrogen-bond acceptors (Lipinski definition) is 1. The summed E-state index contributed by atoms with van der Waals surface area (Å²) in [5.74, 6) is 1.03. The largest absolute Gasteiger partial charge is 0.343 e. The quantitative estimate of drug-likeness (QED) is 0.537. The van der Waals surface area contributed by atoms with Crippen molar-refractivity contribution in [3.05, 3.63) is 0 Å². The van der Waals surface area contributed by atoms with Gasteiger partial charge in [-0.2, -0.15) is 0 Å². The van der Waals surface area contributed by atoms with Crippen molar-refractivity contribution in [1.29, 1.82) is 0 Å². The fraction of sp³-hybridized carbons (Fsp3) is 1.00. The Bertz CT molecular complexity index is 114. The van der Waals surface area contributed by atoms with Crippen molar-refractivity contribution >= 4 is 0 Å². The molecular weight excluding hydrogens is 124 g/mol. The van der Waals surface area contributed by atoms with Crippen LogP contribution in [-0.4, -0.2) is 37.1 Å². The van der Waals surface area contributed by atoms with Crippen LogP contribution in [0.2, 0.25) is 0 Å². The maximum absolute atomic E-state index is 2.63. The highest BCUT2D eigenvalue weighted by Gasteiger charge is 2.36. The van der Waals surface area contributed by atoms with Crippen molar-refractivity contribution in [2.75, 3.05) is 26.2 Å². The molecule has 0 saturated carbocycles. The van der Waals surface area contributed by atoms with Crippen molar-refractivity contribution in [2.24, 2.45) is 5.92 Å². The van der Waals surface area contributed by atoms with Crippen molar-refractivity contribution in [3.8, 4) is 0 Å². The Hall–Kier alpha value is -0.0800. The van der Waals surface area contributed by atoms with Gasteiger partial charge in [0, 0.05) is 13.1 Å². The summed E-state index contributed by atoms with van der Waals surface area (Å²) in [4.78, 5) is 2.63. The zero-order valence-electron chi connectivity index (χ0n) is 6.71. The van der Waals surface area contributed by atoms with Gasteiger partial charge in [-0.25, -0.2) is 0 Å². The first-order valence-electron chi connectivity index (χ1n) is 4.46. The molecule has 0 bridgehead atoms. The Kier molecular flexibility index (Phi) is 1.66. The standard InChI is InChI=1S/C8H16N2/c1-2-7-5-10(6-7)8-3-9-4-8/h7-9H,2-6H2,1H3/p+1. The minimum absolute atomic E-state index is 0.947. The van der Waals surface area contributed by atoms with Crippen LogP contribution in [0.1, 0.15) is 13.3 Å². The summed E-state index contributed by atoms with van der Waals surface area (Å²) in [6.45, 7) is 7.78. The van der Waals surface area contributed by atoms with Crippen LogP contribution in [0.4, 0.5) is 0 Å².